The third-order valence-electron chi connectivity index (χ3n) is 4.78. The molecule has 1 aliphatic heterocycles. The predicted molar refractivity (Wildman–Crippen MR) is 108 cm³/mol. The molecular formula is C21H24N2O5S. The van der Waals surface area contributed by atoms with E-state index in [0.717, 1.165) is 18.4 Å². The number of sulfonamides is 1. The number of benzene rings is 2. The molecule has 1 atom stereocenters. The van der Waals surface area contributed by atoms with Gasteiger partial charge in [-0.15, -0.1) is 0 Å². The van der Waals surface area contributed by atoms with Crippen LogP contribution in [0.15, 0.2) is 59.5 Å². The minimum atomic E-state index is -3.63. The highest BCUT2D eigenvalue weighted by molar-refractivity contribution is 7.89. The van der Waals surface area contributed by atoms with Gasteiger partial charge in [-0.3, -0.25) is 4.79 Å². The lowest BCUT2D eigenvalue weighted by atomic mass is 10.1. The maximum atomic E-state index is 12.6. The lowest BCUT2D eigenvalue weighted by molar-refractivity contribution is -0.124. The lowest BCUT2D eigenvalue weighted by Crippen LogP contribution is -2.31. The topological polar surface area (TPSA) is 92.8 Å². The largest absolute Gasteiger partial charge is 0.452 e. The smallest absolute Gasteiger partial charge is 0.338 e. The Bertz CT molecular complexity index is 970. The molecular weight excluding hydrogens is 392 g/mol. The van der Waals surface area contributed by atoms with Gasteiger partial charge in [-0.25, -0.2) is 13.2 Å². The predicted octanol–water partition coefficient (Wildman–Crippen LogP) is 2.51. The molecule has 0 aliphatic carbocycles. The van der Waals surface area contributed by atoms with Crippen molar-refractivity contribution in [3.05, 3.63) is 65.7 Å². The Morgan fingerprint density at radius 3 is 2.45 bits per heavy atom. The van der Waals surface area contributed by atoms with Crippen LogP contribution in [0.3, 0.4) is 0 Å². The Balaban J connectivity index is 1.59. The summed E-state index contributed by atoms with van der Waals surface area (Å²) in [6.45, 7) is 2.36. The molecule has 3 rings (SSSR count). The van der Waals surface area contributed by atoms with Crippen molar-refractivity contribution < 1.29 is 22.7 Å². The highest BCUT2D eigenvalue weighted by Gasteiger charge is 2.27. The van der Waals surface area contributed by atoms with Gasteiger partial charge in [0.2, 0.25) is 10.0 Å². The molecule has 29 heavy (non-hydrogen) atoms. The third-order valence-corrected chi connectivity index (χ3v) is 6.68. The summed E-state index contributed by atoms with van der Waals surface area (Å²) in [5.74, 6) is -1.18. The molecule has 1 amide bonds. The number of carbonyl (C=O) groups is 2. The number of carbonyl (C=O) groups excluding carboxylic acids is 2. The molecule has 0 unspecified atom stereocenters. The molecule has 0 saturated carbocycles. The van der Waals surface area contributed by atoms with Crippen LogP contribution in [0.5, 0.6) is 0 Å². The average molecular weight is 416 g/mol. The van der Waals surface area contributed by atoms with Crippen LogP contribution in [0, 0.1) is 0 Å². The summed E-state index contributed by atoms with van der Waals surface area (Å²) in [5, 5.41) is 2.76. The molecule has 2 aromatic carbocycles. The summed E-state index contributed by atoms with van der Waals surface area (Å²) in [6.07, 6.45) is 1.66. The van der Waals surface area contributed by atoms with Gasteiger partial charge in [0.1, 0.15) is 0 Å². The van der Waals surface area contributed by atoms with Gasteiger partial charge in [0, 0.05) is 13.1 Å². The van der Waals surface area contributed by atoms with Crippen LogP contribution in [0.1, 0.15) is 41.7 Å². The first-order chi connectivity index (χ1) is 13.9. The number of amides is 1. The summed E-state index contributed by atoms with van der Waals surface area (Å²) >= 11 is 0. The van der Waals surface area contributed by atoms with E-state index in [0.29, 0.717) is 13.1 Å². The monoisotopic (exact) mass is 416 g/mol. The van der Waals surface area contributed by atoms with E-state index in [1.54, 1.807) is 0 Å². The van der Waals surface area contributed by atoms with Crippen LogP contribution in [-0.4, -0.2) is 44.3 Å². The van der Waals surface area contributed by atoms with Crippen molar-refractivity contribution in [3.8, 4) is 0 Å². The molecule has 1 aliphatic rings. The van der Waals surface area contributed by atoms with Gasteiger partial charge in [0.15, 0.2) is 6.61 Å². The zero-order valence-electron chi connectivity index (χ0n) is 16.2. The Morgan fingerprint density at radius 2 is 1.76 bits per heavy atom. The summed E-state index contributed by atoms with van der Waals surface area (Å²) in [5.41, 5.74) is 1.03. The fraction of sp³-hybridized carbons (Fsp3) is 0.333. The van der Waals surface area contributed by atoms with Crippen LogP contribution in [0.25, 0.3) is 0 Å². The third kappa shape index (κ3) is 5.21. The molecule has 0 radical (unpaired) electrons. The van der Waals surface area contributed by atoms with Crippen LogP contribution >= 0.6 is 0 Å². The van der Waals surface area contributed by atoms with Crippen LogP contribution in [-0.2, 0) is 19.6 Å². The van der Waals surface area contributed by atoms with Crippen molar-refractivity contribution in [1.29, 1.82) is 0 Å². The van der Waals surface area contributed by atoms with E-state index in [1.807, 2.05) is 37.3 Å². The quantitative estimate of drug-likeness (QED) is 0.700. The summed E-state index contributed by atoms with van der Waals surface area (Å²) < 4.78 is 31.8. The minimum Gasteiger partial charge on any atom is -0.452 e. The molecule has 154 valence electrons. The van der Waals surface area contributed by atoms with E-state index in [4.69, 9.17) is 4.74 Å². The Kier molecular flexibility index (Phi) is 6.66. The van der Waals surface area contributed by atoms with Crippen molar-refractivity contribution in [2.45, 2.75) is 30.7 Å². The molecule has 0 spiro atoms. The van der Waals surface area contributed by atoms with Gasteiger partial charge in [-0.05, 0) is 43.5 Å². The van der Waals surface area contributed by atoms with E-state index >= 15 is 0 Å². The zero-order chi connectivity index (χ0) is 20.9. The van der Waals surface area contributed by atoms with Gasteiger partial charge in [-0.2, -0.15) is 4.31 Å². The van der Waals surface area contributed by atoms with Crippen LogP contribution in [0.2, 0.25) is 0 Å². The molecule has 0 aromatic heterocycles. The molecule has 0 bridgehead atoms. The second kappa shape index (κ2) is 9.19. The summed E-state index contributed by atoms with van der Waals surface area (Å²) in [4.78, 5) is 24.4. The van der Waals surface area contributed by atoms with Gasteiger partial charge in [0.25, 0.3) is 5.91 Å². The fourth-order valence-corrected chi connectivity index (χ4v) is 4.75. The number of nitrogens with zero attached hydrogens (tertiary/aromatic N) is 1. The number of esters is 1. The SMILES string of the molecule is C[C@H](NC(=O)COC(=O)c1cccc(S(=O)(=O)N2CCCC2)c1)c1ccccc1. The van der Waals surface area contributed by atoms with Gasteiger partial charge in [-0.1, -0.05) is 36.4 Å². The first kappa shape index (κ1) is 21.0. The van der Waals surface area contributed by atoms with Crippen molar-refractivity contribution in [2.24, 2.45) is 0 Å². The normalized spacial score (nSPS) is 15.6. The standard InChI is InChI=1S/C21H24N2O5S/c1-16(17-8-3-2-4-9-17)22-20(24)15-28-21(25)18-10-7-11-19(14-18)29(26,27)23-12-5-6-13-23/h2-4,7-11,14,16H,5-6,12-13,15H2,1H3,(H,22,24)/t16-/m0/s1. The Hall–Kier alpha value is -2.71. The molecule has 7 nitrogen and oxygen atoms in total. The van der Waals surface area contributed by atoms with E-state index < -0.39 is 28.5 Å². The van der Waals surface area contributed by atoms with E-state index in [-0.39, 0.29) is 16.5 Å². The molecule has 1 N–H and O–H groups in total. The number of rotatable bonds is 7. The Labute approximate surface area is 170 Å². The van der Waals surface area contributed by atoms with Crippen LogP contribution < -0.4 is 5.32 Å². The second-order valence-electron chi connectivity index (χ2n) is 6.92. The number of hydrogen-bond donors (Lipinski definition) is 1. The highest BCUT2D eigenvalue weighted by Crippen LogP contribution is 2.21. The van der Waals surface area contributed by atoms with Gasteiger partial charge in [0.05, 0.1) is 16.5 Å². The van der Waals surface area contributed by atoms with Gasteiger partial charge >= 0.3 is 5.97 Å². The average Bonchev–Trinajstić information content (AvgIpc) is 3.28. The maximum absolute atomic E-state index is 12.6. The molecule has 2 aromatic rings. The van der Waals surface area contributed by atoms with Crippen molar-refractivity contribution in [1.82, 2.24) is 9.62 Å². The van der Waals surface area contributed by atoms with Gasteiger partial charge < -0.3 is 10.1 Å². The van der Waals surface area contributed by atoms with E-state index in [9.17, 15) is 18.0 Å². The molecule has 1 saturated heterocycles. The lowest BCUT2D eigenvalue weighted by Gasteiger charge is -2.16. The molecule has 1 fully saturated rings. The first-order valence-electron chi connectivity index (χ1n) is 9.49. The molecule has 8 heteroatoms. The Morgan fingerprint density at radius 1 is 1.07 bits per heavy atom. The van der Waals surface area contributed by atoms with Crippen molar-refractivity contribution >= 4 is 21.9 Å². The maximum Gasteiger partial charge on any atom is 0.338 e. The second-order valence-corrected chi connectivity index (χ2v) is 8.85. The number of hydrogen-bond acceptors (Lipinski definition) is 5. The number of ether oxygens (including phenoxy) is 1. The summed E-state index contributed by atoms with van der Waals surface area (Å²) in [7, 11) is -3.63. The molecule has 1 heterocycles. The zero-order valence-corrected chi connectivity index (χ0v) is 17.0. The van der Waals surface area contributed by atoms with Crippen molar-refractivity contribution in [3.63, 3.8) is 0 Å². The highest BCUT2D eigenvalue weighted by atomic mass is 32.2. The van der Waals surface area contributed by atoms with Crippen molar-refractivity contribution in [2.75, 3.05) is 19.7 Å². The van der Waals surface area contributed by atoms with Crippen LogP contribution in [0.4, 0.5) is 0 Å². The summed E-state index contributed by atoms with van der Waals surface area (Å²) in [6, 6.07) is 14.9. The van der Waals surface area contributed by atoms with E-state index in [2.05, 4.69) is 5.32 Å². The first-order valence-corrected chi connectivity index (χ1v) is 10.9. The minimum absolute atomic E-state index is 0.0519. The fourth-order valence-electron chi connectivity index (χ4n) is 3.18. The van der Waals surface area contributed by atoms with E-state index in [1.165, 1.54) is 28.6 Å². The number of nitrogens with one attached hydrogen (secondary N) is 1.